The molecule has 0 radical (unpaired) electrons. The van der Waals surface area contributed by atoms with Gasteiger partial charge >= 0.3 is 0 Å². The van der Waals surface area contributed by atoms with Gasteiger partial charge in [0.1, 0.15) is 5.75 Å². The van der Waals surface area contributed by atoms with Crippen LogP contribution in [0.4, 0.5) is 11.4 Å². The van der Waals surface area contributed by atoms with Gasteiger partial charge in [-0.05, 0) is 55.7 Å². The summed E-state index contributed by atoms with van der Waals surface area (Å²) in [6.45, 7) is 6.56. The Bertz CT molecular complexity index is 1110. The molecule has 0 unspecified atom stereocenters. The van der Waals surface area contributed by atoms with E-state index in [0.717, 1.165) is 40.3 Å². The summed E-state index contributed by atoms with van der Waals surface area (Å²) in [4.78, 5) is 17.7. The summed E-state index contributed by atoms with van der Waals surface area (Å²) in [5.41, 5.74) is 5.03. The highest BCUT2D eigenvalue weighted by Gasteiger charge is 2.19. The summed E-state index contributed by atoms with van der Waals surface area (Å²) in [7, 11) is 0. The van der Waals surface area contributed by atoms with Crippen molar-refractivity contribution < 1.29 is 9.53 Å². The van der Waals surface area contributed by atoms with Crippen molar-refractivity contribution >= 4 is 28.6 Å². The first-order chi connectivity index (χ1) is 14.1. The zero-order valence-electron chi connectivity index (χ0n) is 16.9. The number of thiazole rings is 1. The molecule has 0 atom stereocenters. The highest BCUT2D eigenvalue weighted by molar-refractivity contribution is 7.07. The second kappa shape index (κ2) is 8.25. The predicted octanol–water partition coefficient (Wildman–Crippen LogP) is 5.45. The minimum absolute atomic E-state index is 0.0675. The number of benzene rings is 2. The highest BCUT2D eigenvalue weighted by Crippen LogP contribution is 2.34. The van der Waals surface area contributed by atoms with Gasteiger partial charge < -0.3 is 14.6 Å². The lowest BCUT2D eigenvalue weighted by atomic mass is 10.1. The van der Waals surface area contributed by atoms with Crippen molar-refractivity contribution in [2.75, 3.05) is 11.9 Å². The average molecular weight is 408 g/mol. The van der Waals surface area contributed by atoms with Gasteiger partial charge in [-0.25, -0.2) is 4.99 Å². The SMILES string of the molecule is CCC(CC)n1c(-c2ccc3c(c2)NC(=O)CO3)csc1=Nc1cccc(C)c1. The number of ether oxygens (including phenoxy) is 1. The average Bonchev–Trinajstić information content (AvgIpc) is 3.12. The lowest BCUT2D eigenvalue weighted by molar-refractivity contribution is -0.118. The maximum Gasteiger partial charge on any atom is 0.262 e. The molecule has 0 saturated heterocycles. The lowest BCUT2D eigenvalue weighted by Gasteiger charge is -2.21. The molecule has 1 aliphatic rings. The Morgan fingerprint density at radius 2 is 2.03 bits per heavy atom. The fourth-order valence-electron chi connectivity index (χ4n) is 3.67. The van der Waals surface area contributed by atoms with Gasteiger partial charge in [-0.3, -0.25) is 4.79 Å². The minimum Gasteiger partial charge on any atom is -0.482 e. The highest BCUT2D eigenvalue weighted by atomic mass is 32.1. The molecule has 2 heterocycles. The molecule has 0 fully saturated rings. The molecular formula is C23H25N3O2S. The number of carbonyl (C=O) groups excluding carboxylic acids is 1. The Morgan fingerprint density at radius 3 is 2.79 bits per heavy atom. The number of nitrogens with one attached hydrogen (secondary N) is 1. The zero-order valence-corrected chi connectivity index (χ0v) is 17.8. The maximum atomic E-state index is 11.7. The molecule has 1 aromatic heterocycles. The summed E-state index contributed by atoms with van der Waals surface area (Å²) >= 11 is 1.65. The summed E-state index contributed by atoms with van der Waals surface area (Å²) in [6.07, 6.45) is 2.04. The third-order valence-electron chi connectivity index (χ3n) is 5.18. The third kappa shape index (κ3) is 3.98. The molecular weight excluding hydrogens is 382 g/mol. The Hall–Kier alpha value is -2.86. The number of hydrogen-bond acceptors (Lipinski definition) is 4. The largest absolute Gasteiger partial charge is 0.482 e. The van der Waals surface area contributed by atoms with Crippen LogP contribution in [0.2, 0.25) is 0 Å². The first-order valence-corrected chi connectivity index (χ1v) is 10.9. The lowest BCUT2D eigenvalue weighted by Crippen LogP contribution is -2.25. The molecule has 0 saturated carbocycles. The maximum absolute atomic E-state index is 11.7. The minimum atomic E-state index is -0.122. The summed E-state index contributed by atoms with van der Waals surface area (Å²) < 4.78 is 7.84. The van der Waals surface area contributed by atoms with Crippen LogP contribution >= 0.6 is 11.3 Å². The molecule has 0 aliphatic carbocycles. The topological polar surface area (TPSA) is 55.6 Å². The third-order valence-corrected chi connectivity index (χ3v) is 6.02. The quantitative estimate of drug-likeness (QED) is 0.611. The van der Waals surface area contributed by atoms with E-state index >= 15 is 0 Å². The number of amides is 1. The van der Waals surface area contributed by atoms with Crippen LogP contribution in [0.5, 0.6) is 5.75 Å². The first kappa shape index (κ1) is 19.5. The number of aromatic nitrogens is 1. The monoisotopic (exact) mass is 407 g/mol. The first-order valence-electron chi connectivity index (χ1n) is 9.97. The van der Waals surface area contributed by atoms with Crippen molar-refractivity contribution in [1.29, 1.82) is 0 Å². The fourth-order valence-corrected chi connectivity index (χ4v) is 4.66. The van der Waals surface area contributed by atoms with Crippen LogP contribution in [-0.4, -0.2) is 17.1 Å². The van der Waals surface area contributed by atoms with E-state index in [1.807, 2.05) is 30.3 Å². The van der Waals surface area contributed by atoms with Crippen LogP contribution < -0.4 is 14.9 Å². The van der Waals surface area contributed by atoms with Crippen molar-refractivity contribution in [3.8, 4) is 17.0 Å². The second-order valence-electron chi connectivity index (χ2n) is 7.24. The van der Waals surface area contributed by atoms with E-state index in [4.69, 9.17) is 9.73 Å². The van der Waals surface area contributed by atoms with E-state index in [-0.39, 0.29) is 12.5 Å². The van der Waals surface area contributed by atoms with E-state index in [1.165, 1.54) is 5.56 Å². The number of nitrogens with zero attached hydrogens (tertiary/aromatic N) is 2. The van der Waals surface area contributed by atoms with E-state index in [9.17, 15) is 4.79 Å². The van der Waals surface area contributed by atoms with Crippen LogP contribution in [0.3, 0.4) is 0 Å². The molecule has 5 nitrogen and oxygen atoms in total. The normalized spacial score (nSPS) is 13.9. The smallest absolute Gasteiger partial charge is 0.262 e. The van der Waals surface area contributed by atoms with Crippen molar-refractivity contribution in [2.24, 2.45) is 4.99 Å². The number of fused-ring (bicyclic) bond motifs is 1. The molecule has 1 aliphatic heterocycles. The Morgan fingerprint density at radius 1 is 1.21 bits per heavy atom. The van der Waals surface area contributed by atoms with Gasteiger partial charge in [0.15, 0.2) is 11.4 Å². The van der Waals surface area contributed by atoms with Gasteiger partial charge in [0, 0.05) is 17.0 Å². The predicted molar refractivity (Wildman–Crippen MR) is 118 cm³/mol. The molecule has 0 spiro atoms. The van der Waals surface area contributed by atoms with Crippen molar-refractivity contribution in [2.45, 2.75) is 39.7 Å². The van der Waals surface area contributed by atoms with Crippen LogP contribution in [0, 0.1) is 6.92 Å². The zero-order chi connectivity index (χ0) is 20.4. The van der Waals surface area contributed by atoms with E-state index in [0.29, 0.717) is 11.8 Å². The molecule has 1 amide bonds. The second-order valence-corrected chi connectivity index (χ2v) is 8.08. The summed E-state index contributed by atoms with van der Waals surface area (Å²) in [6, 6.07) is 14.6. The molecule has 4 rings (SSSR count). The molecule has 29 heavy (non-hydrogen) atoms. The van der Waals surface area contributed by atoms with Gasteiger partial charge in [0.25, 0.3) is 5.91 Å². The van der Waals surface area contributed by atoms with Crippen LogP contribution in [-0.2, 0) is 4.79 Å². The van der Waals surface area contributed by atoms with E-state index in [2.05, 4.69) is 48.2 Å². The van der Waals surface area contributed by atoms with Gasteiger partial charge in [-0.15, -0.1) is 11.3 Å². The van der Waals surface area contributed by atoms with Gasteiger partial charge in [-0.2, -0.15) is 0 Å². The van der Waals surface area contributed by atoms with Crippen LogP contribution in [0.15, 0.2) is 52.8 Å². The number of anilines is 1. The summed E-state index contributed by atoms with van der Waals surface area (Å²) in [5.74, 6) is 0.588. The van der Waals surface area contributed by atoms with Crippen molar-refractivity contribution in [3.63, 3.8) is 0 Å². The number of rotatable bonds is 5. The molecule has 6 heteroatoms. The van der Waals surface area contributed by atoms with E-state index < -0.39 is 0 Å². The molecule has 1 N–H and O–H groups in total. The Labute approximate surface area is 174 Å². The van der Waals surface area contributed by atoms with Crippen molar-refractivity contribution in [3.05, 3.63) is 58.2 Å². The number of carbonyl (C=O) groups is 1. The Balaban J connectivity index is 1.85. The van der Waals surface area contributed by atoms with Gasteiger partial charge in [0.2, 0.25) is 0 Å². The molecule has 0 bridgehead atoms. The number of aryl methyl sites for hydroxylation is 1. The fraction of sp³-hybridized carbons (Fsp3) is 0.304. The number of hydrogen-bond donors (Lipinski definition) is 1. The standard InChI is InChI=1S/C23H25N3O2S/c1-4-18(5-2)26-20(14-29-23(26)24-17-8-6-7-15(3)11-17)16-9-10-21-19(12-16)25-22(27)13-28-21/h6-12,14,18H,4-5,13H2,1-3H3,(H,25,27). The molecule has 150 valence electrons. The molecule has 2 aromatic carbocycles. The van der Waals surface area contributed by atoms with E-state index in [1.54, 1.807) is 11.3 Å². The molecule has 3 aromatic rings. The van der Waals surface area contributed by atoms with Crippen LogP contribution in [0.25, 0.3) is 11.3 Å². The van der Waals surface area contributed by atoms with Crippen molar-refractivity contribution in [1.82, 2.24) is 4.57 Å². The Kier molecular flexibility index (Phi) is 5.53. The summed E-state index contributed by atoms with van der Waals surface area (Å²) in [5, 5.41) is 5.06. The van der Waals surface area contributed by atoms with Gasteiger partial charge in [-0.1, -0.05) is 26.0 Å². The van der Waals surface area contributed by atoms with Crippen LogP contribution in [0.1, 0.15) is 38.3 Å². The van der Waals surface area contributed by atoms with Gasteiger partial charge in [0.05, 0.1) is 17.1 Å².